The first-order valence-corrected chi connectivity index (χ1v) is 7.07. The lowest BCUT2D eigenvalue weighted by molar-refractivity contribution is 0.481. The smallest absolute Gasteiger partial charge is 0.145 e. The van der Waals surface area contributed by atoms with Crippen LogP contribution < -0.4 is 4.74 Å². The molecule has 0 aliphatic heterocycles. The van der Waals surface area contributed by atoms with Crippen molar-refractivity contribution in [1.29, 1.82) is 5.26 Å². The third-order valence-corrected chi connectivity index (χ3v) is 3.27. The zero-order valence-electron chi connectivity index (χ0n) is 11.4. The standard InChI is InChI=1S/C17H16ClNO/c1-2-3-4-13-5-8-16(9-6-13)20-17-10-7-15(18)11-14(17)12-19/h5-11H,2-4H2,1H3. The van der Waals surface area contributed by atoms with Crippen molar-refractivity contribution in [1.82, 2.24) is 0 Å². The first-order chi connectivity index (χ1) is 9.72. The molecule has 0 N–H and O–H groups in total. The van der Waals surface area contributed by atoms with Gasteiger partial charge in [-0.3, -0.25) is 0 Å². The van der Waals surface area contributed by atoms with Gasteiger partial charge < -0.3 is 4.74 Å². The van der Waals surface area contributed by atoms with Crippen molar-refractivity contribution in [2.75, 3.05) is 0 Å². The van der Waals surface area contributed by atoms with Crippen LogP contribution in [-0.4, -0.2) is 0 Å². The number of hydrogen-bond acceptors (Lipinski definition) is 2. The van der Waals surface area contributed by atoms with Gasteiger partial charge in [0.05, 0.1) is 5.56 Å². The molecule has 0 aromatic heterocycles. The van der Waals surface area contributed by atoms with Gasteiger partial charge in [-0.1, -0.05) is 37.1 Å². The summed E-state index contributed by atoms with van der Waals surface area (Å²) < 4.78 is 5.73. The fourth-order valence-electron chi connectivity index (χ4n) is 1.91. The predicted molar refractivity (Wildman–Crippen MR) is 81.3 cm³/mol. The van der Waals surface area contributed by atoms with Gasteiger partial charge in [0.1, 0.15) is 17.6 Å². The lowest BCUT2D eigenvalue weighted by Crippen LogP contribution is -1.89. The molecule has 0 bridgehead atoms. The van der Waals surface area contributed by atoms with E-state index in [0.29, 0.717) is 16.3 Å². The van der Waals surface area contributed by atoms with E-state index in [-0.39, 0.29) is 0 Å². The Morgan fingerprint density at radius 2 is 1.90 bits per heavy atom. The molecule has 0 spiro atoms. The van der Waals surface area contributed by atoms with Gasteiger partial charge in [0.25, 0.3) is 0 Å². The summed E-state index contributed by atoms with van der Waals surface area (Å²) in [4.78, 5) is 0. The van der Waals surface area contributed by atoms with Crippen LogP contribution >= 0.6 is 11.6 Å². The Labute approximate surface area is 124 Å². The second kappa shape index (κ2) is 6.98. The Kier molecular flexibility index (Phi) is 5.03. The van der Waals surface area contributed by atoms with E-state index in [0.717, 1.165) is 12.2 Å². The molecule has 20 heavy (non-hydrogen) atoms. The quantitative estimate of drug-likeness (QED) is 0.742. The molecular weight excluding hydrogens is 270 g/mol. The number of halogens is 1. The number of ether oxygens (including phenoxy) is 1. The highest BCUT2D eigenvalue weighted by atomic mass is 35.5. The van der Waals surface area contributed by atoms with Crippen LogP contribution in [0.1, 0.15) is 30.9 Å². The molecule has 3 heteroatoms. The van der Waals surface area contributed by atoms with Crippen LogP contribution in [0.3, 0.4) is 0 Å². The molecular formula is C17H16ClNO. The van der Waals surface area contributed by atoms with E-state index in [4.69, 9.17) is 21.6 Å². The number of nitriles is 1. The van der Waals surface area contributed by atoms with Crippen molar-refractivity contribution in [2.24, 2.45) is 0 Å². The van der Waals surface area contributed by atoms with Crippen molar-refractivity contribution >= 4 is 11.6 Å². The van der Waals surface area contributed by atoms with E-state index >= 15 is 0 Å². The fourth-order valence-corrected chi connectivity index (χ4v) is 2.08. The van der Waals surface area contributed by atoms with Crippen LogP contribution in [0.4, 0.5) is 0 Å². The molecule has 2 aromatic rings. The average molecular weight is 286 g/mol. The van der Waals surface area contributed by atoms with Gasteiger partial charge in [-0.25, -0.2) is 0 Å². The highest BCUT2D eigenvalue weighted by Gasteiger charge is 2.05. The SMILES string of the molecule is CCCCc1ccc(Oc2ccc(Cl)cc2C#N)cc1. The summed E-state index contributed by atoms with van der Waals surface area (Å²) in [6, 6.07) is 15.1. The van der Waals surface area contributed by atoms with Gasteiger partial charge in [-0.15, -0.1) is 0 Å². The molecule has 0 saturated heterocycles. The molecule has 0 saturated carbocycles. The Balaban J connectivity index is 2.12. The second-order valence-corrected chi connectivity index (χ2v) is 5.04. The minimum absolute atomic E-state index is 0.438. The molecule has 0 unspecified atom stereocenters. The molecule has 2 rings (SSSR count). The maximum absolute atomic E-state index is 9.07. The van der Waals surface area contributed by atoms with Crippen LogP contribution in [0.15, 0.2) is 42.5 Å². The van der Waals surface area contributed by atoms with E-state index in [1.165, 1.54) is 18.4 Å². The zero-order chi connectivity index (χ0) is 14.4. The highest BCUT2D eigenvalue weighted by molar-refractivity contribution is 6.30. The molecule has 0 aliphatic carbocycles. The average Bonchev–Trinajstić information content (AvgIpc) is 2.48. The number of unbranched alkanes of at least 4 members (excludes halogenated alkanes) is 1. The Morgan fingerprint density at radius 3 is 2.55 bits per heavy atom. The van der Waals surface area contributed by atoms with Gasteiger partial charge in [-0.05, 0) is 48.7 Å². The van der Waals surface area contributed by atoms with Crippen molar-refractivity contribution in [2.45, 2.75) is 26.2 Å². The van der Waals surface area contributed by atoms with Gasteiger partial charge in [0.15, 0.2) is 0 Å². The zero-order valence-corrected chi connectivity index (χ0v) is 12.2. The van der Waals surface area contributed by atoms with E-state index in [1.807, 2.05) is 12.1 Å². The van der Waals surface area contributed by atoms with Gasteiger partial charge >= 0.3 is 0 Å². The molecule has 0 aliphatic rings. The summed E-state index contributed by atoms with van der Waals surface area (Å²) in [7, 11) is 0. The molecule has 2 aromatic carbocycles. The molecule has 0 fully saturated rings. The van der Waals surface area contributed by atoms with Crippen LogP contribution in [0, 0.1) is 11.3 Å². The van der Waals surface area contributed by atoms with E-state index < -0.39 is 0 Å². The van der Waals surface area contributed by atoms with Gasteiger partial charge in [-0.2, -0.15) is 5.26 Å². The summed E-state index contributed by atoms with van der Waals surface area (Å²) in [5.74, 6) is 1.25. The number of rotatable bonds is 5. The molecule has 0 radical (unpaired) electrons. The third kappa shape index (κ3) is 3.76. The van der Waals surface area contributed by atoms with Crippen molar-refractivity contribution < 1.29 is 4.74 Å². The highest BCUT2D eigenvalue weighted by Crippen LogP contribution is 2.27. The summed E-state index contributed by atoms with van der Waals surface area (Å²) in [5.41, 5.74) is 1.74. The molecule has 0 amide bonds. The monoisotopic (exact) mass is 285 g/mol. The minimum Gasteiger partial charge on any atom is -0.456 e. The molecule has 0 heterocycles. The van der Waals surface area contributed by atoms with Crippen LogP contribution in [0.25, 0.3) is 0 Å². The van der Waals surface area contributed by atoms with Crippen molar-refractivity contribution in [3.8, 4) is 17.6 Å². The maximum Gasteiger partial charge on any atom is 0.145 e. The second-order valence-electron chi connectivity index (χ2n) is 4.60. The summed E-state index contributed by atoms with van der Waals surface area (Å²) >= 11 is 5.86. The Morgan fingerprint density at radius 1 is 1.15 bits per heavy atom. The van der Waals surface area contributed by atoms with E-state index in [2.05, 4.69) is 25.1 Å². The topological polar surface area (TPSA) is 33.0 Å². The van der Waals surface area contributed by atoms with Crippen molar-refractivity contribution in [3.05, 3.63) is 58.6 Å². The first-order valence-electron chi connectivity index (χ1n) is 6.69. The van der Waals surface area contributed by atoms with Gasteiger partial charge in [0, 0.05) is 5.02 Å². The lowest BCUT2D eigenvalue weighted by Gasteiger charge is -2.08. The normalized spacial score (nSPS) is 10.1. The largest absolute Gasteiger partial charge is 0.456 e. The number of hydrogen-bond donors (Lipinski definition) is 0. The van der Waals surface area contributed by atoms with E-state index in [9.17, 15) is 0 Å². The fraction of sp³-hybridized carbons (Fsp3) is 0.235. The summed E-state index contributed by atoms with van der Waals surface area (Å²) in [5, 5.41) is 9.60. The number of benzene rings is 2. The predicted octanol–water partition coefficient (Wildman–Crippen LogP) is 5.35. The minimum atomic E-state index is 0.438. The molecule has 102 valence electrons. The molecule has 2 nitrogen and oxygen atoms in total. The van der Waals surface area contributed by atoms with Crippen LogP contribution in [0.5, 0.6) is 11.5 Å². The number of nitrogens with zero attached hydrogens (tertiary/aromatic N) is 1. The van der Waals surface area contributed by atoms with Gasteiger partial charge in [0.2, 0.25) is 0 Å². The van der Waals surface area contributed by atoms with E-state index in [1.54, 1.807) is 18.2 Å². The third-order valence-electron chi connectivity index (χ3n) is 3.03. The first kappa shape index (κ1) is 14.4. The van der Waals surface area contributed by atoms with Crippen LogP contribution in [0.2, 0.25) is 5.02 Å². The summed E-state index contributed by atoms with van der Waals surface area (Å²) in [6.07, 6.45) is 3.46. The Hall–Kier alpha value is -1.98. The lowest BCUT2D eigenvalue weighted by atomic mass is 10.1. The Bertz CT molecular complexity index is 614. The maximum atomic E-state index is 9.07. The molecule has 0 atom stereocenters. The van der Waals surface area contributed by atoms with Crippen molar-refractivity contribution in [3.63, 3.8) is 0 Å². The summed E-state index contributed by atoms with van der Waals surface area (Å²) in [6.45, 7) is 2.18. The number of aryl methyl sites for hydroxylation is 1. The van der Waals surface area contributed by atoms with Crippen LogP contribution in [-0.2, 0) is 6.42 Å².